The van der Waals surface area contributed by atoms with E-state index >= 15 is 0 Å². The second kappa shape index (κ2) is 2.84. The fraction of sp³-hybridized carbons (Fsp3) is 0.857. The van der Waals surface area contributed by atoms with Crippen molar-refractivity contribution in [3.8, 4) is 0 Å². The molecular weight excluding hydrogens is 198 g/mol. The summed E-state index contributed by atoms with van der Waals surface area (Å²) in [7, 11) is 0. The summed E-state index contributed by atoms with van der Waals surface area (Å²) in [5.41, 5.74) is 2.57. The number of fused-ring (bicyclic) bond motifs is 1. The van der Waals surface area contributed by atoms with Crippen molar-refractivity contribution < 1.29 is 4.74 Å². The third-order valence-electron chi connectivity index (χ3n) is 5.57. The minimum atomic E-state index is 0.233. The van der Waals surface area contributed by atoms with Crippen molar-refractivity contribution >= 4 is 0 Å². The van der Waals surface area contributed by atoms with Crippen LogP contribution in [0.2, 0.25) is 0 Å². The molecule has 3 rings (SSSR count). The summed E-state index contributed by atoms with van der Waals surface area (Å²) in [6.07, 6.45) is 2.51. The summed E-state index contributed by atoms with van der Waals surface area (Å²) in [5, 5.41) is 3.47. The molecule has 1 spiro atoms. The van der Waals surface area contributed by atoms with Crippen LogP contribution in [-0.2, 0) is 4.74 Å². The quantitative estimate of drug-likeness (QED) is 0.679. The second-order valence-electron chi connectivity index (χ2n) is 6.77. The van der Waals surface area contributed by atoms with Crippen LogP contribution in [0.1, 0.15) is 40.5 Å². The lowest BCUT2D eigenvalue weighted by Crippen LogP contribution is -2.51. The Morgan fingerprint density at radius 1 is 1.00 bits per heavy atom. The highest BCUT2D eigenvalue weighted by Crippen LogP contribution is 2.69. The third-order valence-corrected chi connectivity index (χ3v) is 5.57. The normalized spacial score (nSPS) is 33.2. The molecule has 0 atom stereocenters. The molecule has 90 valence electrons. The zero-order valence-electron chi connectivity index (χ0n) is 10.9. The highest BCUT2D eigenvalue weighted by atomic mass is 16.5. The van der Waals surface area contributed by atoms with Crippen molar-refractivity contribution in [3.05, 3.63) is 11.3 Å². The monoisotopic (exact) mass is 221 g/mol. The zero-order chi connectivity index (χ0) is 11.6. The molecule has 2 heteroatoms. The maximum atomic E-state index is 6.05. The molecule has 2 aliphatic heterocycles. The van der Waals surface area contributed by atoms with Gasteiger partial charge in [0.1, 0.15) is 5.76 Å². The lowest BCUT2D eigenvalue weighted by atomic mass is 9.47. The fourth-order valence-corrected chi connectivity index (χ4v) is 3.87. The maximum absolute atomic E-state index is 6.05. The van der Waals surface area contributed by atoms with Crippen LogP contribution < -0.4 is 5.32 Å². The first-order valence-electron chi connectivity index (χ1n) is 6.51. The van der Waals surface area contributed by atoms with Gasteiger partial charge in [0.2, 0.25) is 0 Å². The number of rotatable bonds is 0. The molecule has 1 aliphatic carbocycles. The molecule has 3 aliphatic rings. The lowest BCUT2D eigenvalue weighted by molar-refractivity contribution is 0.0586. The molecule has 1 saturated heterocycles. The van der Waals surface area contributed by atoms with Gasteiger partial charge in [0.15, 0.2) is 0 Å². The van der Waals surface area contributed by atoms with Crippen molar-refractivity contribution in [2.24, 2.45) is 16.2 Å². The third kappa shape index (κ3) is 0.976. The van der Waals surface area contributed by atoms with Gasteiger partial charge < -0.3 is 10.1 Å². The van der Waals surface area contributed by atoms with Crippen LogP contribution in [0.15, 0.2) is 11.3 Å². The van der Waals surface area contributed by atoms with E-state index < -0.39 is 0 Å². The van der Waals surface area contributed by atoms with Gasteiger partial charge in [0, 0.05) is 16.2 Å². The van der Waals surface area contributed by atoms with Gasteiger partial charge in [-0.25, -0.2) is 0 Å². The van der Waals surface area contributed by atoms with E-state index in [9.17, 15) is 0 Å². The predicted octanol–water partition coefficient (Wildman–Crippen LogP) is 2.71. The molecule has 0 bridgehead atoms. The van der Waals surface area contributed by atoms with Crippen LogP contribution in [-0.4, -0.2) is 19.7 Å². The van der Waals surface area contributed by atoms with Crippen LogP contribution >= 0.6 is 0 Å². The van der Waals surface area contributed by atoms with E-state index in [4.69, 9.17) is 4.74 Å². The summed E-state index contributed by atoms with van der Waals surface area (Å²) in [5.74, 6) is 1.32. The minimum Gasteiger partial charge on any atom is -0.496 e. The molecule has 0 saturated carbocycles. The minimum absolute atomic E-state index is 0.233. The maximum Gasteiger partial charge on any atom is 0.103 e. The van der Waals surface area contributed by atoms with Gasteiger partial charge in [-0.05, 0) is 31.5 Å². The molecular formula is C14H23NO. The van der Waals surface area contributed by atoms with Crippen LogP contribution in [0.5, 0.6) is 0 Å². The van der Waals surface area contributed by atoms with Crippen LogP contribution in [0.4, 0.5) is 0 Å². The van der Waals surface area contributed by atoms with Crippen LogP contribution in [0.25, 0.3) is 0 Å². The number of piperidine rings is 1. The standard InChI is InChI=1S/C14H23NO/c1-12(2)10-11(13(12,3)4)16-9-14(10)5-7-15-8-6-14/h15H,5-9H2,1-4H3. The van der Waals surface area contributed by atoms with Gasteiger partial charge >= 0.3 is 0 Å². The largest absolute Gasteiger partial charge is 0.496 e. The molecule has 2 nitrogen and oxygen atoms in total. The number of allylic oxidation sites excluding steroid dienone is 1. The second-order valence-corrected chi connectivity index (χ2v) is 6.77. The van der Waals surface area contributed by atoms with Gasteiger partial charge in [-0.15, -0.1) is 0 Å². The molecule has 1 fully saturated rings. The Morgan fingerprint density at radius 2 is 1.62 bits per heavy atom. The van der Waals surface area contributed by atoms with Crippen molar-refractivity contribution in [1.29, 1.82) is 0 Å². The molecule has 0 aromatic carbocycles. The van der Waals surface area contributed by atoms with Crippen molar-refractivity contribution in [1.82, 2.24) is 5.32 Å². The zero-order valence-corrected chi connectivity index (χ0v) is 10.9. The number of hydrogen-bond donors (Lipinski definition) is 1. The first-order chi connectivity index (χ1) is 7.42. The Morgan fingerprint density at radius 3 is 2.25 bits per heavy atom. The molecule has 0 radical (unpaired) electrons. The number of nitrogens with one attached hydrogen (secondary N) is 1. The van der Waals surface area contributed by atoms with Crippen molar-refractivity contribution in [2.45, 2.75) is 40.5 Å². The van der Waals surface area contributed by atoms with E-state index in [2.05, 4.69) is 33.0 Å². The van der Waals surface area contributed by atoms with E-state index in [1.165, 1.54) is 18.6 Å². The van der Waals surface area contributed by atoms with Crippen LogP contribution in [0, 0.1) is 16.2 Å². The molecule has 0 unspecified atom stereocenters. The average molecular weight is 221 g/mol. The summed E-state index contributed by atoms with van der Waals surface area (Å²) in [6.45, 7) is 12.7. The summed E-state index contributed by atoms with van der Waals surface area (Å²) in [4.78, 5) is 0. The van der Waals surface area contributed by atoms with Crippen molar-refractivity contribution in [2.75, 3.05) is 19.7 Å². The van der Waals surface area contributed by atoms with E-state index in [0.29, 0.717) is 10.8 Å². The van der Waals surface area contributed by atoms with Gasteiger partial charge in [0.05, 0.1) is 6.61 Å². The highest BCUT2D eigenvalue weighted by molar-refractivity contribution is 5.45. The molecule has 0 aromatic heterocycles. The van der Waals surface area contributed by atoms with E-state index in [-0.39, 0.29) is 5.41 Å². The summed E-state index contributed by atoms with van der Waals surface area (Å²) in [6, 6.07) is 0. The first-order valence-corrected chi connectivity index (χ1v) is 6.51. The molecule has 0 amide bonds. The molecule has 2 heterocycles. The number of hydrogen-bond acceptors (Lipinski definition) is 2. The van der Waals surface area contributed by atoms with Gasteiger partial charge in [-0.1, -0.05) is 27.7 Å². The van der Waals surface area contributed by atoms with Crippen molar-refractivity contribution in [3.63, 3.8) is 0 Å². The molecule has 0 aromatic rings. The first kappa shape index (κ1) is 10.6. The van der Waals surface area contributed by atoms with Gasteiger partial charge in [-0.3, -0.25) is 0 Å². The Bertz CT molecular complexity index is 359. The molecule has 1 N–H and O–H groups in total. The van der Waals surface area contributed by atoms with Gasteiger partial charge in [0.25, 0.3) is 0 Å². The van der Waals surface area contributed by atoms with E-state index in [0.717, 1.165) is 19.7 Å². The summed E-state index contributed by atoms with van der Waals surface area (Å²) >= 11 is 0. The smallest absolute Gasteiger partial charge is 0.103 e. The molecule has 16 heavy (non-hydrogen) atoms. The Hall–Kier alpha value is -0.500. The topological polar surface area (TPSA) is 21.3 Å². The van der Waals surface area contributed by atoms with Crippen LogP contribution in [0.3, 0.4) is 0 Å². The van der Waals surface area contributed by atoms with Gasteiger partial charge in [-0.2, -0.15) is 0 Å². The highest BCUT2D eigenvalue weighted by Gasteiger charge is 2.64. The Balaban J connectivity index is 2.03. The predicted molar refractivity (Wildman–Crippen MR) is 65.1 cm³/mol. The SMILES string of the molecule is CC1(C)C2=C(C3(CCNCC3)CO2)C1(C)C. The lowest BCUT2D eigenvalue weighted by Gasteiger charge is -2.55. The average Bonchev–Trinajstić information content (AvgIpc) is 2.58. The Kier molecular flexibility index (Phi) is 1.89. The fourth-order valence-electron chi connectivity index (χ4n) is 3.87. The number of ether oxygens (including phenoxy) is 1. The Labute approximate surface area is 98.4 Å². The van der Waals surface area contributed by atoms with E-state index in [1.807, 2.05) is 0 Å². The van der Waals surface area contributed by atoms with E-state index in [1.54, 1.807) is 5.57 Å². The summed E-state index contributed by atoms with van der Waals surface area (Å²) < 4.78 is 6.05.